The zero-order valence-electron chi connectivity index (χ0n) is 19.2. The summed E-state index contributed by atoms with van der Waals surface area (Å²) in [6.45, 7) is 6.14. The molecule has 3 amide bonds. The number of fused-ring (bicyclic) bond motifs is 1. The largest absolute Gasteiger partial charge is 0.396 e. The van der Waals surface area contributed by atoms with E-state index in [9.17, 15) is 19.5 Å². The van der Waals surface area contributed by atoms with Crippen LogP contribution in [0.5, 0.6) is 0 Å². The number of amides is 3. The maximum Gasteiger partial charge on any atom is 0.246 e. The second kappa shape index (κ2) is 9.00. The molecule has 3 heterocycles. The summed E-state index contributed by atoms with van der Waals surface area (Å²) in [6.07, 6.45) is 0.327. The highest BCUT2D eigenvalue weighted by atomic mass is 79.9. The maximum absolute atomic E-state index is 13.6. The quantitative estimate of drug-likeness (QED) is 0.469. The molecule has 8 nitrogen and oxygen atoms in total. The van der Waals surface area contributed by atoms with E-state index < -0.39 is 35.1 Å². The normalized spacial score (nSPS) is 32.7. The van der Waals surface area contributed by atoms with Gasteiger partial charge < -0.3 is 25.4 Å². The minimum absolute atomic E-state index is 0.0966. The third-order valence-electron chi connectivity index (χ3n) is 6.71. The minimum atomic E-state index is -1.07. The number of nitrogens with one attached hydrogen (secondary N) is 2. The monoisotopic (exact) mass is 521 g/mol. The van der Waals surface area contributed by atoms with Crippen molar-refractivity contribution in [2.45, 2.75) is 68.3 Å². The van der Waals surface area contributed by atoms with Crippen molar-refractivity contribution in [2.75, 3.05) is 13.2 Å². The summed E-state index contributed by atoms with van der Waals surface area (Å²) in [6, 6.07) is 8.73. The Morgan fingerprint density at radius 2 is 1.94 bits per heavy atom. The minimum Gasteiger partial charge on any atom is -0.396 e. The predicted molar refractivity (Wildman–Crippen MR) is 125 cm³/mol. The molecule has 1 spiro atoms. The summed E-state index contributed by atoms with van der Waals surface area (Å²) in [5.41, 5.74) is -0.603. The number of alkyl halides is 1. The number of rotatable bonds is 7. The Labute approximate surface area is 202 Å². The first-order valence-electron chi connectivity index (χ1n) is 11.5. The molecule has 4 rings (SSSR count). The van der Waals surface area contributed by atoms with E-state index >= 15 is 0 Å². The average Bonchev–Trinajstić information content (AvgIpc) is 3.33. The van der Waals surface area contributed by atoms with Gasteiger partial charge in [0.2, 0.25) is 17.7 Å². The first-order chi connectivity index (χ1) is 15.6. The Balaban J connectivity index is 1.63. The number of ether oxygens (including phenoxy) is 1. The van der Waals surface area contributed by atoms with Crippen LogP contribution in [0.1, 0.15) is 39.2 Å². The zero-order valence-corrected chi connectivity index (χ0v) is 20.8. The van der Waals surface area contributed by atoms with Crippen LogP contribution in [-0.2, 0) is 25.7 Å². The number of hydrogen-bond donors (Lipinski definition) is 3. The summed E-state index contributed by atoms with van der Waals surface area (Å²) in [5, 5.41) is 15.3. The molecule has 0 radical (unpaired) electrons. The number of halogens is 1. The number of hydrogen-bond acceptors (Lipinski definition) is 5. The summed E-state index contributed by atoms with van der Waals surface area (Å²) in [4.78, 5) is 41.8. The van der Waals surface area contributed by atoms with E-state index in [1.807, 2.05) is 51.1 Å². The lowest BCUT2D eigenvalue weighted by molar-refractivity contribution is -0.142. The van der Waals surface area contributed by atoms with Gasteiger partial charge in [0.05, 0.1) is 17.9 Å². The number of benzene rings is 1. The number of carbonyl (C=O) groups is 3. The van der Waals surface area contributed by atoms with Gasteiger partial charge in [0.1, 0.15) is 11.6 Å². The Morgan fingerprint density at radius 1 is 1.24 bits per heavy atom. The van der Waals surface area contributed by atoms with Crippen LogP contribution in [-0.4, -0.2) is 69.0 Å². The fraction of sp³-hybridized carbons (Fsp3) is 0.625. The highest BCUT2D eigenvalue weighted by molar-refractivity contribution is 9.09. The van der Waals surface area contributed by atoms with Crippen LogP contribution in [0.15, 0.2) is 30.3 Å². The van der Waals surface area contributed by atoms with Gasteiger partial charge >= 0.3 is 0 Å². The molecule has 0 aromatic heterocycles. The van der Waals surface area contributed by atoms with Crippen molar-refractivity contribution in [1.82, 2.24) is 15.5 Å². The molecule has 9 heteroatoms. The smallest absolute Gasteiger partial charge is 0.246 e. The highest BCUT2D eigenvalue weighted by Crippen LogP contribution is 2.60. The molecular weight excluding hydrogens is 490 g/mol. The van der Waals surface area contributed by atoms with E-state index in [0.717, 1.165) is 5.56 Å². The van der Waals surface area contributed by atoms with E-state index in [0.29, 0.717) is 19.4 Å². The first-order valence-corrected chi connectivity index (χ1v) is 12.4. The van der Waals surface area contributed by atoms with E-state index in [4.69, 9.17) is 4.74 Å². The van der Waals surface area contributed by atoms with Crippen LogP contribution in [0.4, 0.5) is 0 Å². The van der Waals surface area contributed by atoms with Gasteiger partial charge in [0.15, 0.2) is 0 Å². The molecule has 3 N–H and O–H groups in total. The van der Waals surface area contributed by atoms with Crippen molar-refractivity contribution in [3.63, 3.8) is 0 Å². The van der Waals surface area contributed by atoms with Crippen LogP contribution < -0.4 is 10.6 Å². The highest BCUT2D eigenvalue weighted by Gasteiger charge is 2.76. The van der Waals surface area contributed by atoms with Gasteiger partial charge in [-0.25, -0.2) is 0 Å². The van der Waals surface area contributed by atoms with E-state index in [1.54, 1.807) is 0 Å². The van der Waals surface area contributed by atoms with Gasteiger partial charge in [-0.2, -0.15) is 0 Å². The van der Waals surface area contributed by atoms with Gasteiger partial charge in [-0.15, -0.1) is 0 Å². The topological polar surface area (TPSA) is 108 Å². The molecule has 1 aromatic rings. The molecule has 1 aromatic carbocycles. The van der Waals surface area contributed by atoms with Crippen molar-refractivity contribution in [1.29, 1.82) is 0 Å². The predicted octanol–water partition coefficient (Wildman–Crippen LogP) is 1.35. The van der Waals surface area contributed by atoms with Crippen molar-refractivity contribution in [3.8, 4) is 0 Å². The van der Waals surface area contributed by atoms with Crippen LogP contribution >= 0.6 is 15.9 Å². The molecule has 2 bridgehead atoms. The van der Waals surface area contributed by atoms with Crippen molar-refractivity contribution in [2.24, 2.45) is 11.8 Å². The van der Waals surface area contributed by atoms with Crippen LogP contribution in [0.25, 0.3) is 0 Å². The number of aliphatic hydroxyl groups is 1. The Morgan fingerprint density at radius 3 is 2.58 bits per heavy atom. The number of aliphatic hydroxyl groups excluding tert-OH is 1. The van der Waals surface area contributed by atoms with E-state index in [2.05, 4.69) is 26.6 Å². The second-order valence-electron chi connectivity index (χ2n) is 10.2. The van der Waals surface area contributed by atoms with Crippen LogP contribution in [0.2, 0.25) is 0 Å². The van der Waals surface area contributed by atoms with Gasteiger partial charge in [0.25, 0.3) is 0 Å². The lowest BCUT2D eigenvalue weighted by Crippen LogP contribution is -2.58. The molecule has 3 saturated heterocycles. The summed E-state index contributed by atoms with van der Waals surface area (Å²) in [7, 11) is 0. The molecule has 3 aliphatic rings. The van der Waals surface area contributed by atoms with Crippen molar-refractivity contribution < 1.29 is 24.2 Å². The molecular formula is C24H32BrN3O5. The number of nitrogens with zero attached hydrogens (tertiary/aromatic N) is 1. The van der Waals surface area contributed by atoms with Crippen molar-refractivity contribution in [3.05, 3.63) is 35.9 Å². The number of carbonyl (C=O) groups excluding carboxylic acids is 3. The second-order valence-corrected chi connectivity index (χ2v) is 11.4. The molecule has 180 valence electrons. The molecule has 3 aliphatic heterocycles. The first kappa shape index (κ1) is 24.2. The van der Waals surface area contributed by atoms with Crippen LogP contribution in [0, 0.1) is 11.8 Å². The Bertz CT molecular complexity index is 920. The molecule has 33 heavy (non-hydrogen) atoms. The standard InChI is InChI=1S/C24H32BrN3O5/c1-23(2,3)27-21(31)19-24-12-15(25)18(33-24)16(17(24)22(32)28(19)10-7-11-29)20(30)26-13-14-8-5-4-6-9-14/h4-6,8-9,15-19,29H,7,10-13H2,1-3H3,(H,26,30)(H,27,31)/t15?,16-,17-,18-,19?,24?/m0/s1. The maximum atomic E-state index is 13.6. The lowest BCUT2D eigenvalue weighted by atomic mass is 9.70. The zero-order chi connectivity index (χ0) is 24.0. The third-order valence-corrected chi connectivity index (χ3v) is 7.55. The van der Waals surface area contributed by atoms with Crippen molar-refractivity contribution >= 4 is 33.7 Å². The van der Waals surface area contributed by atoms with E-state index in [1.165, 1.54) is 4.90 Å². The van der Waals surface area contributed by atoms with Gasteiger partial charge in [-0.05, 0) is 39.2 Å². The van der Waals surface area contributed by atoms with Gasteiger partial charge in [0, 0.05) is 30.1 Å². The van der Waals surface area contributed by atoms with Crippen LogP contribution in [0.3, 0.4) is 0 Å². The Kier molecular flexibility index (Phi) is 6.59. The molecule has 0 aliphatic carbocycles. The summed E-state index contributed by atoms with van der Waals surface area (Å²) < 4.78 is 6.42. The average molecular weight is 522 g/mol. The van der Waals surface area contributed by atoms with Gasteiger partial charge in [-0.1, -0.05) is 46.3 Å². The molecule has 3 fully saturated rings. The molecule has 3 unspecified atom stereocenters. The fourth-order valence-electron chi connectivity index (χ4n) is 5.55. The fourth-order valence-corrected chi connectivity index (χ4v) is 6.49. The SMILES string of the molecule is CC(C)(C)NC(=O)C1N(CCCO)C(=O)[C@@H]2[C@H](C(=O)NCc3ccccc3)[C@H]3OC12CC3Br. The summed E-state index contributed by atoms with van der Waals surface area (Å²) >= 11 is 3.66. The summed E-state index contributed by atoms with van der Waals surface area (Å²) in [5.74, 6) is -2.21. The lowest BCUT2D eigenvalue weighted by Gasteiger charge is -2.35. The molecule has 0 saturated carbocycles. The third kappa shape index (κ3) is 4.31. The molecule has 6 atom stereocenters. The Hall–Kier alpha value is -1.97. The van der Waals surface area contributed by atoms with E-state index in [-0.39, 0.29) is 35.7 Å². The number of likely N-dealkylation sites (tertiary alicyclic amines) is 1. The van der Waals surface area contributed by atoms with Gasteiger partial charge in [-0.3, -0.25) is 14.4 Å².